The number of nitrogens with zero attached hydrogens (tertiary/aromatic N) is 2. The van der Waals surface area contributed by atoms with E-state index in [4.69, 9.17) is 15.3 Å². The average Bonchev–Trinajstić information content (AvgIpc) is 2.61. The van der Waals surface area contributed by atoms with Gasteiger partial charge in [0.15, 0.2) is 0 Å². The molecule has 0 aromatic carbocycles. The molecule has 0 radical (unpaired) electrons. The van der Waals surface area contributed by atoms with E-state index in [0.717, 1.165) is 12.1 Å². The van der Waals surface area contributed by atoms with E-state index in [2.05, 4.69) is 22.8 Å². The highest BCUT2D eigenvalue weighted by Crippen LogP contribution is 2.25. The molecule has 1 aliphatic heterocycles. The van der Waals surface area contributed by atoms with Gasteiger partial charge in [-0.1, -0.05) is 18.2 Å². The predicted octanol–water partition coefficient (Wildman–Crippen LogP) is 2.73. The second kappa shape index (κ2) is 7.50. The molecule has 2 rings (SSSR count). The molecule has 122 valence electrons. The lowest BCUT2D eigenvalue weighted by molar-refractivity contribution is 0.317. The van der Waals surface area contributed by atoms with E-state index >= 15 is 0 Å². The molecule has 0 saturated carbocycles. The number of allylic oxidation sites excluding steroid dienone is 7. The van der Waals surface area contributed by atoms with Gasteiger partial charge in [-0.2, -0.15) is 10.5 Å². The normalized spacial score (nSPS) is 22.7. The second-order valence-electron chi connectivity index (χ2n) is 5.53. The highest BCUT2D eigenvalue weighted by atomic mass is 16.5. The van der Waals surface area contributed by atoms with E-state index < -0.39 is 0 Å². The first-order chi connectivity index (χ1) is 11.6. The van der Waals surface area contributed by atoms with Crippen LogP contribution in [0.15, 0.2) is 70.9 Å². The molecule has 1 atom stereocenters. The zero-order valence-electron chi connectivity index (χ0n) is 14.1. The largest absolute Gasteiger partial charge is 0.462 e. The molecule has 0 aromatic heterocycles. The summed E-state index contributed by atoms with van der Waals surface area (Å²) in [5.41, 5.74) is 1.43. The van der Waals surface area contributed by atoms with Gasteiger partial charge < -0.3 is 15.4 Å². The van der Waals surface area contributed by atoms with Crippen LogP contribution in [0.25, 0.3) is 0 Å². The number of ether oxygens (including phenoxy) is 1. The fourth-order valence-electron chi connectivity index (χ4n) is 2.50. The lowest BCUT2D eigenvalue weighted by atomic mass is 9.89. The van der Waals surface area contributed by atoms with Crippen LogP contribution >= 0.6 is 0 Å². The first-order valence-corrected chi connectivity index (χ1v) is 7.63. The summed E-state index contributed by atoms with van der Waals surface area (Å²) in [5, 5.41) is 24.5. The van der Waals surface area contributed by atoms with Crippen LogP contribution < -0.4 is 10.6 Å². The van der Waals surface area contributed by atoms with Crippen molar-refractivity contribution in [3.63, 3.8) is 0 Å². The molecular formula is C19H20N4O. The Morgan fingerprint density at radius 3 is 2.58 bits per heavy atom. The number of likely N-dealkylation sites (N-methyl/N-ethyl adjacent to an activating group) is 2. The number of hydrogen-bond donors (Lipinski definition) is 2. The molecule has 5 nitrogen and oxygen atoms in total. The summed E-state index contributed by atoms with van der Waals surface area (Å²) < 4.78 is 5.68. The Morgan fingerprint density at radius 1 is 1.29 bits per heavy atom. The number of hydrogen-bond acceptors (Lipinski definition) is 5. The van der Waals surface area contributed by atoms with Crippen molar-refractivity contribution in [1.29, 1.82) is 10.5 Å². The molecule has 5 heteroatoms. The topological polar surface area (TPSA) is 80.9 Å². The third-order valence-corrected chi connectivity index (χ3v) is 3.97. The fraction of sp³-hybridized carbons (Fsp3) is 0.263. The van der Waals surface area contributed by atoms with Gasteiger partial charge in [-0.3, -0.25) is 0 Å². The molecular weight excluding hydrogens is 300 g/mol. The van der Waals surface area contributed by atoms with Crippen LogP contribution in [0.5, 0.6) is 0 Å². The zero-order valence-corrected chi connectivity index (χ0v) is 14.1. The van der Waals surface area contributed by atoms with Crippen molar-refractivity contribution in [3.8, 4) is 12.1 Å². The van der Waals surface area contributed by atoms with Gasteiger partial charge in [-0.25, -0.2) is 0 Å². The van der Waals surface area contributed by atoms with E-state index in [1.165, 1.54) is 0 Å². The molecule has 0 amide bonds. The maximum absolute atomic E-state index is 9.03. The molecule has 2 aliphatic rings. The van der Waals surface area contributed by atoms with Gasteiger partial charge in [0.2, 0.25) is 0 Å². The lowest BCUT2D eigenvalue weighted by Crippen LogP contribution is -2.40. The SMILES string of the molecule is CNC1=CCC(C=CC2=CC(=C(C#N)C#N)C=C(C)O2)(NC)C=C1. The molecule has 2 N–H and O–H groups in total. The summed E-state index contributed by atoms with van der Waals surface area (Å²) in [6.45, 7) is 1.80. The number of nitriles is 2. The van der Waals surface area contributed by atoms with Crippen LogP contribution in [0, 0.1) is 22.7 Å². The first-order valence-electron chi connectivity index (χ1n) is 7.63. The van der Waals surface area contributed by atoms with Crippen LogP contribution in [-0.2, 0) is 4.74 Å². The van der Waals surface area contributed by atoms with Crippen LogP contribution in [0.1, 0.15) is 13.3 Å². The van der Waals surface area contributed by atoms with Gasteiger partial charge in [-0.05, 0) is 44.7 Å². The molecule has 0 fully saturated rings. The summed E-state index contributed by atoms with van der Waals surface area (Å²) in [6.07, 6.45) is 14.3. The maximum Gasteiger partial charge on any atom is 0.137 e. The van der Waals surface area contributed by atoms with Gasteiger partial charge in [0.05, 0.1) is 5.54 Å². The van der Waals surface area contributed by atoms with Crippen molar-refractivity contribution < 1.29 is 4.74 Å². The van der Waals surface area contributed by atoms with Gasteiger partial charge in [0.1, 0.15) is 29.2 Å². The summed E-state index contributed by atoms with van der Waals surface area (Å²) in [4.78, 5) is 0. The third-order valence-electron chi connectivity index (χ3n) is 3.97. The monoisotopic (exact) mass is 320 g/mol. The highest BCUT2D eigenvalue weighted by molar-refractivity contribution is 5.53. The minimum Gasteiger partial charge on any atom is -0.462 e. The average molecular weight is 320 g/mol. The summed E-state index contributed by atoms with van der Waals surface area (Å²) >= 11 is 0. The van der Waals surface area contributed by atoms with Crippen molar-refractivity contribution in [2.75, 3.05) is 14.1 Å². The lowest BCUT2D eigenvalue weighted by Gasteiger charge is -2.29. The van der Waals surface area contributed by atoms with Crippen LogP contribution in [-0.4, -0.2) is 19.6 Å². The van der Waals surface area contributed by atoms with E-state index in [9.17, 15) is 0 Å². The minimum atomic E-state index is -0.295. The van der Waals surface area contributed by atoms with E-state index in [-0.39, 0.29) is 11.1 Å². The summed E-state index contributed by atoms with van der Waals surface area (Å²) in [6, 6.07) is 3.82. The van der Waals surface area contributed by atoms with Gasteiger partial charge in [-0.15, -0.1) is 0 Å². The molecule has 0 aromatic rings. The summed E-state index contributed by atoms with van der Waals surface area (Å²) in [5.74, 6) is 1.24. The van der Waals surface area contributed by atoms with Crippen molar-refractivity contribution in [2.45, 2.75) is 18.9 Å². The van der Waals surface area contributed by atoms with E-state index in [1.54, 1.807) is 19.1 Å². The Labute approximate surface area is 142 Å². The molecule has 24 heavy (non-hydrogen) atoms. The standard InChI is InChI=1S/C19H20N4O/c1-14-10-15(16(12-20)13-21)11-18(24-14)6-9-19(23-3)7-4-17(22-2)5-8-19/h4-7,9-11,22-23H,8H2,1-3H3. The summed E-state index contributed by atoms with van der Waals surface area (Å²) in [7, 11) is 3.80. The van der Waals surface area contributed by atoms with Gasteiger partial charge >= 0.3 is 0 Å². The van der Waals surface area contributed by atoms with E-state index in [0.29, 0.717) is 17.1 Å². The first kappa shape index (κ1) is 17.3. The Hall–Kier alpha value is -3.02. The second-order valence-corrected chi connectivity index (χ2v) is 5.53. The maximum atomic E-state index is 9.03. The Bertz CT molecular complexity index is 765. The van der Waals surface area contributed by atoms with Gasteiger partial charge in [0, 0.05) is 18.3 Å². The number of rotatable bonds is 4. The molecule has 1 heterocycles. The van der Waals surface area contributed by atoms with E-state index in [1.807, 2.05) is 44.5 Å². The zero-order chi connectivity index (χ0) is 17.6. The molecule has 1 aliphatic carbocycles. The van der Waals surface area contributed by atoms with Crippen LogP contribution in [0.2, 0.25) is 0 Å². The van der Waals surface area contributed by atoms with Crippen molar-refractivity contribution in [2.24, 2.45) is 0 Å². The van der Waals surface area contributed by atoms with Crippen LogP contribution in [0.3, 0.4) is 0 Å². The third kappa shape index (κ3) is 3.84. The Balaban J connectivity index is 2.27. The van der Waals surface area contributed by atoms with Gasteiger partial charge in [0.25, 0.3) is 0 Å². The van der Waals surface area contributed by atoms with Crippen molar-refractivity contribution in [1.82, 2.24) is 10.6 Å². The predicted molar refractivity (Wildman–Crippen MR) is 93.0 cm³/mol. The molecule has 0 bridgehead atoms. The quantitative estimate of drug-likeness (QED) is 0.779. The highest BCUT2D eigenvalue weighted by Gasteiger charge is 2.23. The van der Waals surface area contributed by atoms with Crippen molar-refractivity contribution >= 4 is 0 Å². The fourth-order valence-corrected chi connectivity index (χ4v) is 2.50. The Morgan fingerprint density at radius 2 is 2.04 bits per heavy atom. The Kier molecular flexibility index (Phi) is 5.42. The molecule has 0 saturated heterocycles. The minimum absolute atomic E-state index is 0.0750. The van der Waals surface area contributed by atoms with Crippen LogP contribution in [0.4, 0.5) is 0 Å². The smallest absolute Gasteiger partial charge is 0.137 e. The molecule has 1 unspecified atom stereocenters. The number of nitrogens with one attached hydrogen (secondary N) is 2. The van der Waals surface area contributed by atoms with Crippen molar-refractivity contribution in [3.05, 3.63) is 70.9 Å². The molecule has 0 spiro atoms.